The molecule has 0 amide bonds. The molecular weight excluding hydrogens is 485 g/mol. The molecule has 2 unspecified atom stereocenters. The topological polar surface area (TPSA) is 216 Å². The molecule has 0 saturated carbocycles. The van der Waals surface area contributed by atoms with Gasteiger partial charge in [0, 0.05) is 6.20 Å². The van der Waals surface area contributed by atoms with Gasteiger partial charge in [0.15, 0.2) is 6.23 Å². The van der Waals surface area contributed by atoms with E-state index in [0.29, 0.717) is 4.48 Å². The van der Waals surface area contributed by atoms with E-state index in [1.165, 1.54) is 12.3 Å². The summed E-state index contributed by atoms with van der Waals surface area (Å²) in [4.78, 5) is 35.4. The molecule has 1 aromatic heterocycles. The first-order valence-corrected chi connectivity index (χ1v) is 11.9. The second kappa shape index (κ2) is 11.5. The van der Waals surface area contributed by atoms with Crippen LogP contribution in [0.15, 0.2) is 17.1 Å². The normalized spacial score (nSPS) is 27.3. The molecule has 2 rings (SSSR count). The predicted molar refractivity (Wildman–Crippen MR) is 102 cm³/mol. The van der Waals surface area contributed by atoms with Crippen LogP contribution in [0.4, 0.5) is 5.82 Å². The summed E-state index contributed by atoms with van der Waals surface area (Å²) < 4.78 is 44.3. The first-order valence-electron chi connectivity index (χ1n) is 8.91. The molecule has 1 aliphatic heterocycles. The zero-order valence-electron chi connectivity index (χ0n) is 18.0. The summed E-state index contributed by atoms with van der Waals surface area (Å²) in [6, 6.07) is 1.27. The second-order valence-corrected chi connectivity index (χ2v) is 10.7. The summed E-state index contributed by atoms with van der Waals surface area (Å²) in [6.07, 6.45) is -4.79. The Labute approximate surface area is 205 Å². The molecule has 2 heterocycles. The maximum atomic E-state index is 12.6. The van der Waals surface area contributed by atoms with Crippen molar-refractivity contribution < 1.29 is 81.3 Å². The van der Waals surface area contributed by atoms with Gasteiger partial charge in [-0.05, 0) is 6.07 Å². The molecule has 1 saturated heterocycles. The van der Waals surface area contributed by atoms with Crippen LogP contribution in [0.3, 0.4) is 0 Å². The minimum atomic E-state index is -5.51. The van der Waals surface area contributed by atoms with Crippen LogP contribution < -0.4 is 45.9 Å². The molecule has 0 bridgehead atoms. The Morgan fingerprint density at radius 3 is 2.44 bits per heavy atom. The van der Waals surface area contributed by atoms with E-state index in [2.05, 4.69) is 9.29 Å². The number of ether oxygens (including phenoxy) is 1. The van der Waals surface area contributed by atoms with Gasteiger partial charge in [-0.2, -0.15) is 4.98 Å². The summed E-state index contributed by atoms with van der Waals surface area (Å²) in [7, 11) is -4.98. The van der Waals surface area contributed by atoms with Gasteiger partial charge in [0.05, 0.1) is 27.7 Å². The van der Waals surface area contributed by atoms with Gasteiger partial charge in [-0.15, -0.1) is 0 Å². The van der Waals surface area contributed by atoms with Crippen LogP contribution >= 0.6 is 15.6 Å². The minimum absolute atomic E-state index is 0. The Morgan fingerprint density at radius 1 is 1.28 bits per heavy atom. The largest absolute Gasteiger partial charge is 1.00 e. The van der Waals surface area contributed by atoms with E-state index in [0.717, 1.165) is 4.57 Å². The monoisotopic (exact) mass is 511 g/mol. The Balaban J connectivity index is 0.00000512. The number of quaternary nitrogens is 1. The number of nitrogens with zero attached hydrogens (tertiary/aromatic N) is 3. The molecule has 6 atom stereocenters. The number of aromatic nitrogens is 2. The zero-order valence-corrected chi connectivity index (χ0v) is 21.8. The van der Waals surface area contributed by atoms with Crippen molar-refractivity contribution in [1.82, 2.24) is 9.55 Å². The van der Waals surface area contributed by atoms with Gasteiger partial charge in [-0.3, -0.25) is 18.2 Å². The number of likely N-dealkylation sites (N-methyl/N-ethyl adjacent to an activating group) is 1. The number of hydrogen-bond acceptors (Lipinski definition) is 12. The van der Waals surface area contributed by atoms with E-state index in [-0.39, 0.29) is 48.5 Å². The molecule has 5 N–H and O–H groups in total. The number of nitrogens with two attached hydrogens (primary N) is 1. The van der Waals surface area contributed by atoms with Crippen molar-refractivity contribution in [2.45, 2.75) is 24.5 Å². The van der Waals surface area contributed by atoms with Crippen molar-refractivity contribution in [2.24, 2.45) is 0 Å². The first-order chi connectivity index (χ1) is 14.1. The molecule has 15 nitrogen and oxygen atoms in total. The van der Waals surface area contributed by atoms with E-state index >= 15 is 0 Å². The van der Waals surface area contributed by atoms with Crippen LogP contribution in [-0.2, 0) is 27.2 Å². The predicted octanol–water partition coefficient (Wildman–Crippen LogP) is -5.23. The quantitative estimate of drug-likeness (QED) is 0.131. The molecule has 0 aromatic carbocycles. The number of aliphatic hydroxyl groups is 2. The number of nitrogen functional groups attached to an aromatic ring is 1. The SMILES string of the molecule is C[N+](C)(C)CCOP(=O)(OC[C@H]1O[C@@H](n2ccc(N)nc2=O)[C@H](O)[C@@H]1O)OP(=O)([O-])O.[Na+]. The fourth-order valence-electron chi connectivity index (χ4n) is 2.52. The average molecular weight is 511 g/mol. The van der Waals surface area contributed by atoms with Crippen LogP contribution in [-0.4, -0.2) is 88.4 Å². The van der Waals surface area contributed by atoms with Gasteiger partial charge in [0.2, 0.25) is 0 Å². The number of phosphoric acid groups is 2. The molecule has 178 valence electrons. The van der Waals surface area contributed by atoms with E-state index < -0.39 is 52.5 Å². The molecule has 0 radical (unpaired) electrons. The molecule has 0 aliphatic carbocycles. The van der Waals surface area contributed by atoms with Crippen molar-refractivity contribution in [3.05, 3.63) is 22.7 Å². The Hall–Kier alpha value is -0.220. The third-order valence-corrected chi connectivity index (χ3v) is 6.66. The van der Waals surface area contributed by atoms with Gasteiger partial charge < -0.3 is 35.0 Å². The molecular formula is C14H26N4NaO11P2+. The number of rotatable bonds is 10. The van der Waals surface area contributed by atoms with Crippen LogP contribution in [0.1, 0.15) is 6.23 Å². The fourth-order valence-corrected chi connectivity index (χ4v) is 4.62. The van der Waals surface area contributed by atoms with Gasteiger partial charge in [-0.1, -0.05) is 0 Å². The second-order valence-electron chi connectivity index (χ2n) is 7.73. The van der Waals surface area contributed by atoms with Crippen molar-refractivity contribution in [2.75, 3.05) is 46.6 Å². The Bertz CT molecular complexity index is 921. The standard InChI is InChI=1S/C14H26N4O11P2.Na/c1-18(2,3)6-7-26-31(25,29-30(22,23)24)27-8-9-11(19)12(20)13(28-9)17-5-4-10(15)16-14(17)21;/h4-5,9,11-13,19-20H,6-8H2,1-3H3,(H3-,15,16,21,22,23,24);/q;+1/t9-,11-,12-,13-,31?;/m1./s1. The third-order valence-electron chi connectivity index (χ3n) is 4.07. The average Bonchev–Trinajstić information content (AvgIpc) is 2.86. The van der Waals surface area contributed by atoms with E-state index in [4.69, 9.17) is 24.4 Å². The van der Waals surface area contributed by atoms with Gasteiger partial charge in [-0.25, -0.2) is 13.7 Å². The summed E-state index contributed by atoms with van der Waals surface area (Å²) in [5.41, 5.74) is 4.54. The van der Waals surface area contributed by atoms with E-state index in [9.17, 15) is 29.0 Å². The van der Waals surface area contributed by atoms with Crippen molar-refractivity contribution >= 4 is 21.5 Å². The maximum absolute atomic E-state index is 12.6. The molecule has 1 fully saturated rings. The van der Waals surface area contributed by atoms with Crippen molar-refractivity contribution in [3.63, 3.8) is 0 Å². The van der Waals surface area contributed by atoms with E-state index in [1.54, 1.807) is 21.1 Å². The number of aliphatic hydroxyl groups excluding tert-OH is 2. The zero-order chi connectivity index (χ0) is 23.6. The molecule has 32 heavy (non-hydrogen) atoms. The molecule has 0 spiro atoms. The third kappa shape index (κ3) is 8.85. The van der Waals surface area contributed by atoms with Crippen LogP contribution in [0.25, 0.3) is 0 Å². The number of phosphoric ester groups is 1. The van der Waals surface area contributed by atoms with E-state index in [1.807, 2.05) is 0 Å². The minimum Gasteiger partial charge on any atom is -0.756 e. The smallest absolute Gasteiger partial charge is 0.756 e. The fraction of sp³-hybridized carbons (Fsp3) is 0.714. The first kappa shape index (κ1) is 29.8. The van der Waals surface area contributed by atoms with Crippen LogP contribution in [0.5, 0.6) is 0 Å². The van der Waals surface area contributed by atoms with Gasteiger partial charge in [0.25, 0.3) is 7.82 Å². The summed E-state index contributed by atoms with van der Waals surface area (Å²) in [5.74, 6) is -0.0654. The van der Waals surface area contributed by atoms with Gasteiger partial charge in [0.1, 0.15) is 37.3 Å². The van der Waals surface area contributed by atoms with Crippen molar-refractivity contribution in [3.8, 4) is 0 Å². The van der Waals surface area contributed by atoms with Crippen LogP contribution in [0, 0.1) is 0 Å². The summed E-state index contributed by atoms with van der Waals surface area (Å²) >= 11 is 0. The maximum Gasteiger partial charge on any atom is 1.00 e. The van der Waals surface area contributed by atoms with Crippen molar-refractivity contribution in [1.29, 1.82) is 0 Å². The summed E-state index contributed by atoms with van der Waals surface area (Å²) in [6.45, 7) is -0.748. The Kier molecular flexibility index (Phi) is 10.7. The molecule has 1 aromatic rings. The molecule has 1 aliphatic rings. The van der Waals surface area contributed by atoms with Crippen LogP contribution in [0.2, 0.25) is 0 Å². The van der Waals surface area contributed by atoms with Gasteiger partial charge >= 0.3 is 43.1 Å². The molecule has 18 heteroatoms. The number of hydrogen-bond donors (Lipinski definition) is 4. The number of anilines is 1. The Morgan fingerprint density at radius 2 is 1.91 bits per heavy atom. The summed E-state index contributed by atoms with van der Waals surface area (Å²) in [5, 5.41) is 20.4.